The number of benzene rings is 1. The molecule has 136 valence electrons. The van der Waals surface area contributed by atoms with Crippen molar-refractivity contribution in [3.8, 4) is 5.75 Å². The van der Waals surface area contributed by atoms with Crippen LogP contribution in [0.5, 0.6) is 5.75 Å². The average Bonchev–Trinajstić information content (AvgIpc) is 2.89. The normalized spacial score (nSPS) is 20.8. The summed E-state index contributed by atoms with van der Waals surface area (Å²) >= 11 is 11.6. The van der Waals surface area contributed by atoms with Crippen LogP contribution in [-0.2, 0) is 6.42 Å². The highest BCUT2D eigenvalue weighted by molar-refractivity contribution is 6.42. The zero-order valence-corrected chi connectivity index (χ0v) is 14.8. The van der Waals surface area contributed by atoms with E-state index in [1.807, 2.05) is 0 Å². The number of fused-ring (bicyclic) bond motifs is 4. The summed E-state index contributed by atoms with van der Waals surface area (Å²) in [5.41, 5.74) is 0.609. The van der Waals surface area contributed by atoms with Crippen LogP contribution in [0.15, 0.2) is 18.3 Å². The molecule has 1 fully saturated rings. The molecule has 1 aromatic heterocycles. The van der Waals surface area contributed by atoms with Crippen LogP contribution in [0.3, 0.4) is 0 Å². The van der Waals surface area contributed by atoms with Gasteiger partial charge in [0.1, 0.15) is 11.6 Å². The molecule has 2 aromatic rings. The number of anilines is 1. The number of pyridine rings is 1. The first-order valence-corrected chi connectivity index (χ1v) is 8.72. The molecule has 0 spiro atoms. The van der Waals surface area contributed by atoms with E-state index in [4.69, 9.17) is 23.2 Å². The Hall–Kier alpha value is -2.12. The molecule has 0 saturated carbocycles. The molecule has 3 heterocycles. The van der Waals surface area contributed by atoms with E-state index in [9.17, 15) is 18.7 Å². The minimum Gasteiger partial charge on any atom is -0.506 e. The van der Waals surface area contributed by atoms with Crippen molar-refractivity contribution in [3.63, 3.8) is 0 Å². The number of rotatable bonds is 1. The van der Waals surface area contributed by atoms with Crippen molar-refractivity contribution in [2.45, 2.75) is 31.3 Å². The summed E-state index contributed by atoms with van der Waals surface area (Å²) in [4.78, 5) is 17.8. The van der Waals surface area contributed by atoms with Gasteiger partial charge < -0.3 is 15.3 Å². The van der Waals surface area contributed by atoms with Gasteiger partial charge in [-0.3, -0.25) is 0 Å². The van der Waals surface area contributed by atoms with Crippen molar-refractivity contribution in [3.05, 3.63) is 51.3 Å². The van der Waals surface area contributed by atoms with E-state index in [1.165, 1.54) is 11.0 Å². The number of carbonyl (C=O) groups excluding carboxylic acids is 1. The molecule has 4 rings (SSSR count). The molecule has 2 N–H and O–H groups in total. The lowest BCUT2D eigenvalue weighted by atomic mass is 9.94. The van der Waals surface area contributed by atoms with E-state index in [0.717, 1.165) is 12.3 Å². The Labute approximate surface area is 157 Å². The lowest BCUT2D eigenvalue weighted by Crippen LogP contribution is -2.44. The van der Waals surface area contributed by atoms with Crippen LogP contribution in [0.2, 0.25) is 10.0 Å². The second-order valence-corrected chi connectivity index (χ2v) is 7.18. The van der Waals surface area contributed by atoms with E-state index in [0.29, 0.717) is 24.0 Å². The maximum absolute atomic E-state index is 14.0. The quantitative estimate of drug-likeness (QED) is 0.540. The molecule has 0 radical (unpaired) electrons. The fraction of sp³-hybridized carbons (Fsp3) is 0.294. The van der Waals surface area contributed by atoms with Crippen LogP contribution >= 0.6 is 23.2 Å². The summed E-state index contributed by atoms with van der Waals surface area (Å²) in [5.74, 6) is -1.49. The van der Waals surface area contributed by atoms with Gasteiger partial charge in [-0.15, -0.1) is 0 Å². The molecular formula is C17H13Cl2F2N3O2. The van der Waals surface area contributed by atoms with Gasteiger partial charge in [0.05, 0.1) is 28.0 Å². The number of hydrogen-bond acceptors (Lipinski definition) is 3. The van der Waals surface area contributed by atoms with Gasteiger partial charge in [-0.1, -0.05) is 23.2 Å². The van der Waals surface area contributed by atoms with E-state index in [2.05, 4.69) is 10.3 Å². The summed E-state index contributed by atoms with van der Waals surface area (Å²) < 4.78 is 28.1. The predicted octanol–water partition coefficient (Wildman–Crippen LogP) is 4.67. The number of nitrogens with one attached hydrogen (secondary N) is 1. The second-order valence-electron chi connectivity index (χ2n) is 6.36. The number of hydrogen-bond donors (Lipinski definition) is 2. The van der Waals surface area contributed by atoms with Crippen LogP contribution in [0, 0.1) is 11.8 Å². The number of aromatic nitrogens is 1. The third-order valence-corrected chi connectivity index (χ3v) is 5.63. The summed E-state index contributed by atoms with van der Waals surface area (Å²) in [6.07, 6.45) is 2.51. The number of urea groups is 1. The molecule has 2 bridgehead atoms. The zero-order valence-electron chi connectivity index (χ0n) is 13.3. The summed E-state index contributed by atoms with van der Waals surface area (Å²) in [5, 5.41) is 12.8. The summed E-state index contributed by atoms with van der Waals surface area (Å²) in [6, 6.07) is 0.963. The summed E-state index contributed by atoms with van der Waals surface area (Å²) in [7, 11) is 0. The Morgan fingerprint density at radius 1 is 1.27 bits per heavy atom. The Morgan fingerprint density at radius 2 is 2.00 bits per heavy atom. The minimum atomic E-state index is -0.712. The monoisotopic (exact) mass is 399 g/mol. The molecule has 26 heavy (non-hydrogen) atoms. The number of amides is 2. The number of carbonyl (C=O) groups is 1. The third kappa shape index (κ3) is 2.66. The van der Waals surface area contributed by atoms with Crippen molar-refractivity contribution in [2.24, 2.45) is 0 Å². The molecule has 0 unspecified atom stereocenters. The van der Waals surface area contributed by atoms with E-state index >= 15 is 0 Å². The van der Waals surface area contributed by atoms with Gasteiger partial charge in [0.25, 0.3) is 0 Å². The van der Waals surface area contributed by atoms with E-state index in [1.54, 1.807) is 0 Å². The molecule has 1 saturated heterocycles. The molecule has 9 heteroatoms. The lowest BCUT2D eigenvalue weighted by molar-refractivity contribution is 0.176. The molecule has 1 aromatic carbocycles. The molecule has 5 nitrogen and oxygen atoms in total. The van der Waals surface area contributed by atoms with Gasteiger partial charge in [0, 0.05) is 17.2 Å². The van der Waals surface area contributed by atoms with E-state index < -0.39 is 23.8 Å². The zero-order chi connectivity index (χ0) is 18.6. The largest absolute Gasteiger partial charge is 0.506 e. The highest BCUT2D eigenvalue weighted by Crippen LogP contribution is 2.47. The molecule has 0 aliphatic carbocycles. The lowest BCUT2D eigenvalue weighted by Gasteiger charge is -2.36. The maximum Gasteiger partial charge on any atom is 0.322 e. The van der Waals surface area contributed by atoms with Crippen LogP contribution in [0.25, 0.3) is 0 Å². The smallest absolute Gasteiger partial charge is 0.322 e. The molecule has 2 amide bonds. The molecule has 2 aliphatic heterocycles. The number of halogens is 4. The number of aromatic hydroxyl groups is 1. The highest BCUT2D eigenvalue weighted by Gasteiger charge is 2.45. The first kappa shape index (κ1) is 17.3. The molecule has 2 atom stereocenters. The first-order valence-electron chi connectivity index (χ1n) is 7.97. The van der Waals surface area contributed by atoms with Gasteiger partial charge >= 0.3 is 6.03 Å². The Morgan fingerprint density at radius 3 is 2.77 bits per heavy atom. The fourth-order valence-electron chi connectivity index (χ4n) is 3.80. The Balaban J connectivity index is 1.66. The number of nitrogens with zero attached hydrogens (tertiary/aromatic N) is 2. The van der Waals surface area contributed by atoms with Crippen molar-refractivity contribution in [1.29, 1.82) is 0 Å². The van der Waals surface area contributed by atoms with Gasteiger partial charge in [-0.2, -0.15) is 4.39 Å². The Bertz CT molecular complexity index is 925. The van der Waals surface area contributed by atoms with Gasteiger partial charge in [-0.25, -0.2) is 14.2 Å². The molecular weight excluding hydrogens is 387 g/mol. The Kier molecular flexibility index (Phi) is 4.16. The topological polar surface area (TPSA) is 65.5 Å². The van der Waals surface area contributed by atoms with Gasteiger partial charge in [-0.05, 0) is 31.4 Å². The van der Waals surface area contributed by atoms with Gasteiger partial charge in [0.15, 0.2) is 0 Å². The van der Waals surface area contributed by atoms with Crippen LogP contribution < -0.4 is 5.32 Å². The average molecular weight is 400 g/mol. The SMILES string of the molecule is O=C(Nc1cc(Cl)c(Cl)cc1F)N1[C@H]2CC[C@@H]1c1c(O)cnc(F)c1C2. The van der Waals surface area contributed by atoms with Crippen molar-refractivity contribution >= 4 is 34.9 Å². The van der Waals surface area contributed by atoms with Crippen molar-refractivity contribution in [1.82, 2.24) is 9.88 Å². The van der Waals surface area contributed by atoms with Crippen LogP contribution in [0.4, 0.5) is 19.3 Å². The fourth-order valence-corrected chi connectivity index (χ4v) is 4.12. The third-order valence-electron chi connectivity index (χ3n) is 4.91. The first-order chi connectivity index (χ1) is 12.4. The summed E-state index contributed by atoms with van der Waals surface area (Å²) in [6.45, 7) is 0. The highest BCUT2D eigenvalue weighted by atomic mass is 35.5. The van der Waals surface area contributed by atoms with E-state index in [-0.39, 0.29) is 33.9 Å². The predicted molar refractivity (Wildman–Crippen MR) is 92.6 cm³/mol. The van der Waals surface area contributed by atoms with Crippen molar-refractivity contribution in [2.75, 3.05) is 5.32 Å². The second kappa shape index (κ2) is 6.25. The minimum absolute atomic E-state index is 0.0435. The van der Waals surface area contributed by atoms with Crippen LogP contribution in [0.1, 0.15) is 30.0 Å². The van der Waals surface area contributed by atoms with Gasteiger partial charge in [0.2, 0.25) is 5.95 Å². The maximum atomic E-state index is 14.0. The van der Waals surface area contributed by atoms with Crippen LogP contribution in [-0.4, -0.2) is 27.1 Å². The molecule has 2 aliphatic rings. The van der Waals surface area contributed by atoms with Crippen molar-refractivity contribution < 1.29 is 18.7 Å². The standard InChI is InChI=1S/C17H13Cl2F2N3O2/c18-9-4-11(20)12(5-10(9)19)23-17(26)24-7-1-2-13(24)15-8(3-7)16(21)22-6-14(15)25/h4-7,13,25H,1-3H2,(H,23,26)/t7-,13+/m0/s1.